The third-order valence-electron chi connectivity index (χ3n) is 6.32. The van der Waals surface area contributed by atoms with Gasteiger partial charge in [-0.15, -0.1) is 0 Å². The summed E-state index contributed by atoms with van der Waals surface area (Å²) in [4.78, 5) is 48.6. The van der Waals surface area contributed by atoms with Crippen molar-refractivity contribution >= 4 is 50.6 Å². The van der Waals surface area contributed by atoms with Crippen molar-refractivity contribution in [2.75, 3.05) is 32.6 Å². The fourth-order valence-corrected chi connectivity index (χ4v) is 5.93. The third kappa shape index (κ3) is 9.33. The van der Waals surface area contributed by atoms with Crippen LogP contribution in [0.3, 0.4) is 0 Å². The molecule has 3 aromatic carbocycles. The lowest BCUT2D eigenvalue weighted by Gasteiger charge is -2.19. The maximum absolute atomic E-state index is 13.1. The van der Waals surface area contributed by atoms with Crippen molar-refractivity contribution < 1.29 is 37.4 Å². The van der Waals surface area contributed by atoms with Gasteiger partial charge >= 0.3 is 5.97 Å². The van der Waals surface area contributed by atoms with Gasteiger partial charge in [0.2, 0.25) is 15.9 Å². The van der Waals surface area contributed by atoms with E-state index in [0.29, 0.717) is 18.5 Å². The number of carboxylic acid groups (broad SMARTS) is 1. The number of nitrogens with one attached hydrogen (secondary N) is 3. The van der Waals surface area contributed by atoms with Crippen molar-refractivity contribution in [3.05, 3.63) is 65.7 Å². The maximum atomic E-state index is 13.1. The zero-order valence-electron chi connectivity index (χ0n) is 24.4. The molecule has 4 N–H and O–H groups in total. The van der Waals surface area contributed by atoms with E-state index in [1.54, 1.807) is 6.07 Å². The molecule has 0 heterocycles. The number of ether oxygens (including phenoxy) is 1. The predicted octanol–water partition coefficient (Wildman–Crippen LogP) is 2.42. The summed E-state index contributed by atoms with van der Waals surface area (Å²) in [6.07, 6.45) is -0.193. The molecule has 3 rings (SSSR count). The molecule has 0 bridgehead atoms. The number of hydrogen-bond acceptors (Lipinski definition) is 8. The summed E-state index contributed by atoms with van der Waals surface area (Å²) in [5, 5.41) is 16.2. The molecule has 0 aliphatic carbocycles. The predicted molar refractivity (Wildman–Crippen MR) is 162 cm³/mol. The number of hydrogen-bond donors (Lipinski definition) is 4. The molecule has 43 heavy (non-hydrogen) atoms. The highest BCUT2D eigenvalue weighted by molar-refractivity contribution is 7.89. The maximum Gasteiger partial charge on any atom is 0.305 e. The molecule has 0 aliphatic heterocycles. The second-order valence-corrected chi connectivity index (χ2v) is 12.0. The number of aldehydes is 1. The smallest absolute Gasteiger partial charge is 0.305 e. The second-order valence-electron chi connectivity index (χ2n) is 10.4. The van der Waals surface area contributed by atoms with Crippen molar-refractivity contribution in [1.82, 2.24) is 14.9 Å². The SMILES string of the molecule is CC(=O)Nc1ccc(S(=O)(=O)NC(C=O)CC(=O)O)c(OCCc2ccc(C(=O)NC(C)CN(C)C)c3ccccc23)c1. The number of benzene rings is 3. The first-order valence-corrected chi connectivity index (χ1v) is 15.0. The molecule has 0 aliphatic rings. The van der Waals surface area contributed by atoms with Crippen molar-refractivity contribution in [1.29, 1.82) is 0 Å². The van der Waals surface area contributed by atoms with Gasteiger partial charge in [-0.2, -0.15) is 0 Å². The standard InChI is InChI=1S/C30H36N4O8S/c1-19(17-34(3)4)31-30(39)26-11-9-21(24-7-5-6-8-25(24)26)13-14-42-27-15-22(32-20(2)36)10-12-28(27)43(40,41)33-23(18-35)16-29(37)38/h5-12,15,18-19,23,33H,13-14,16-17H2,1-4H3,(H,31,39)(H,32,36)(H,37,38). The van der Waals surface area contributed by atoms with Gasteiger partial charge in [-0.05, 0) is 55.6 Å². The molecule has 12 nitrogen and oxygen atoms in total. The van der Waals surface area contributed by atoms with Gasteiger partial charge in [0.15, 0.2) is 0 Å². The molecule has 0 saturated carbocycles. The number of fused-ring (bicyclic) bond motifs is 1. The Morgan fingerprint density at radius 3 is 2.37 bits per heavy atom. The monoisotopic (exact) mass is 612 g/mol. The van der Waals surface area contributed by atoms with E-state index in [1.165, 1.54) is 25.1 Å². The van der Waals surface area contributed by atoms with Crippen LogP contribution in [0, 0.1) is 0 Å². The number of carbonyl (C=O) groups excluding carboxylic acids is 3. The van der Waals surface area contributed by atoms with Crippen LogP contribution in [0.4, 0.5) is 5.69 Å². The molecule has 3 aromatic rings. The van der Waals surface area contributed by atoms with E-state index in [2.05, 4.69) is 15.4 Å². The molecule has 13 heteroatoms. The molecule has 2 amide bonds. The topological polar surface area (TPSA) is 171 Å². The van der Waals surface area contributed by atoms with Crippen molar-refractivity contribution in [3.63, 3.8) is 0 Å². The summed E-state index contributed by atoms with van der Waals surface area (Å²) < 4.78 is 34.2. The highest BCUT2D eigenvalue weighted by Gasteiger charge is 2.26. The summed E-state index contributed by atoms with van der Waals surface area (Å²) in [7, 11) is -0.522. The zero-order valence-corrected chi connectivity index (χ0v) is 25.2. The number of anilines is 1. The van der Waals surface area contributed by atoms with Crippen LogP contribution >= 0.6 is 0 Å². The fourth-order valence-electron chi connectivity index (χ4n) is 4.64. The van der Waals surface area contributed by atoms with Crippen LogP contribution in [0.1, 0.15) is 36.2 Å². The lowest BCUT2D eigenvalue weighted by molar-refractivity contribution is -0.138. The van der Waals surface area contributed by atoms with Crippen molar-refractivity contribution in [2.24, 2.45) is 0 Å². The Labute approximate surface area is 250 Å². The van der Waals surface area contributed by atoms with Crippen LogP contribution in [0.25, 0.3) is 10.8 Å². The van der Waals surface area contributed by atoms with Crippen LogP contribution in [-0.2, 0) is 30.8 Å². The Hall–Kier alpha value is -4.33. The van der Waals surface area contributed by atoms with Gasteiger partial charge in [-0.3, -0.25) is 14.4 Å². The minimum absolute atomic E-state index is 0.0215. The van der Waals surface area contributed by atoms with Crippen LogP contribution in [0.5, 0.6) is 5.75 Å². The number of sulfonamides is 1. The molecule has 0 radical (unpaired) electrons. The molecule has 230 valence electrons. The Balaban J connectivity index is 1.87. The van der Waals surface area contributed by atoms with Crippen molar-refractivity contribution in [2.45, 2.75) is 43.7 Å². The second kappa shape index (κ2) is 14.7. The van der Waals surface area contributed by atoms with Crippen molar-refractivity contribution in [3.8, 4) is 5.75 Å². The fraction of sp³-hybridized carbons (Fsp3) is 0.333. The molecular weight excluding hydrogens is 576 g/mol. The summed E-state index contributed by atoms with van der Waals surface area (Å²) in [5.74, 6) is -2.03. The van der Waals surface area contributed by atoms with E-state index in [1.807, 2.05) is 56.3 Å². The van der Waals surface area contributed by atoms with E-state index in [4.69, 9.17) is 9.84 Å². The Kier molecular flexibility index (Phi) is 11.4. The normalized spacial score (nSPS) is 12.9. The van der Waals surface area contributed by atoms with Gasteiger partial charge in [0.05, 0.1) is 19.1 Å². The first-order valence-electron chi connectivity index (χ1n) is 13.5. The summed E-state index contributed by atoms with van der Waals surface area (Å²) in [6.45, 7) is 3.94. The number of aliphatic carboxylic acids is 1. The molecule has 2 atom stereocenters. The molecular formula is C30H36N4O8S. The van der Waals surface area contributed by atoms with E-state index >= 15 is 0 Å². The average molecular weight is 613 g/mol. The first-order chi connectivity index (χ1) is 20.3. The molecule has 0 saturated heterocycles. The third-order valence-corrected chi connectivity index (χ3v) is 7.85. The number of carboxylic acids is 1. The summed E-state index contributed by atoms with van der Waals surface area (Å²) in [5.41, 5.74) is 1.67. The first kappa shape index (κ1) is 33.2. The minimum Gasteiger partial charge on any atom is -0.492 e. The summed E-state index contributed by atoms with van der Waals surface area (Å²) in [6, 6.07) is 13.4. The van der Waals surface area contributed by atoms with Crippen LogP contribution in [0.15, 0.2) is 59.5 Å². The van der Waals surface area contributed by atoms with E-state index in [0.717, 1.165) is 16.3 Å². The average Bonchev–Trinajstić information content (AvgIpc) is 2.91. The van der Waals surface area contributed by atoms with Gasteiger partial charge in [0, 0.05) is 43.2 Å². The van der Waals surface area contributed by atoms with Crippen LogP contribution < -0.4 is 20.1 Å². The number of carbonyl (C=O) groups is 4. The van der Waals surface area contributed by atoms with Gasteiger partial charge in [-0.25, -0.2) is 13.1 Å². The minimum atomic E-state index is -4.39. The largest absolute Gasteiger partial charge is 0.492 e. The molecule has 0 spiro atoms. The zero-order chi connectivity index (χ0) is 31.7. The quantitative estimate of drug-likeness (QED) is 0.188. The van der Waals surface area contributed by atoms with E-state index in [-0.39, 0.29) is 47.1 Å². The Morgan fingerprint density at radius 2 is 1.74 bits per heavy atom. The number of rotatable bonds is 15. The van der Waals surface area contributed by atoms with Gasteiger partial charge in [-0.1, -0.05) is 30.3 Å². The van der Waals surface area contributed by atoms with Crippen LogP contribution in [-0.4, -0.2) is 81.8 Å². The highest BCUT2D eigenvalue weighted by Crippen LogP contribution is 2.29. The summed E-state index contributed by atoms with van der Waals surface area (Å²) >= 11 is 0. The van der Waals surface area contributed by atoms with E-state index < -0.39 is 28.5 Å². The van der Waals surface area contributed by atoms with Gasteiger partial charge in [0.1, 0.15) is 16.9 Å². The van der Waals surface area contributed by atoms with Gasteiger partial charge in [0.25, 0.3) is 5.91 Å². The van der Waals surface area contributed by atoms with Gasteiger partial charge < -0.3 is 30.2 Å². The Morgan fingerprint density at radius 1 is 1.05 bits per heavy atom. The molecule has 0 aromatic heterocycles. The van der Waals surface area contributed by atoms with E-state index in [9.17, 15) is 27.6 Å². The lowest BCUT2D eigenvalue weighted by Crippen LogP contribution is -2.39. The van der Waals surface area contributed by atoms with Crippen LogP contribution in [0.2, 0.25) is 0 Å². The number of nitrogens with zero attached hydrogens (tertiary/aromatic N) is 1. The molecule has 2 unspecified atom stereocenters. The lowest BCUT2D eigenvalue weighted by atomic mass is 9.97. The Bertz CT molecular complexity index is 1610. The highest BCUT2D eigenvalue weighted by atomic mass is 32.2. The number of likely N-dealkylation sites (N-methyl/N-ethyl adjacent to an activating group) is 1. The number of amides is 2. The molecule has 0 fully saturated rings.